The largest absolute Gasteiger partial charge is 0.495 e. The molecule has 0 amide bonds. The van der Waals surface area contributed by atoms with E-state index >= 15 is 0 Å². The lowest BCUT2D eigenvalue weighted by molar-refractivity contribution is 0.415. The Kier molecular flexibility index (Phi) is 4.45. The van der Waals surface area contributed by atoms with Gasteiger partial charge in [0.05, 0.1) is 18.9 Å². The second kappa shape index (κ2) is 5.62. The first kappa shape index (κ1) is 12.7. The maximum Gasteiger partial charge on any atom is 0.142 e. The van der Waals surface area contributed by atoms with Crippen molar-refractivity contribution in [2.75, 3.05) is 12.4 Å². The maximum atomic E-state index is 9.00. The molecule has 0 heterocycles. The Morgan fingerprint density at radius 1 is 1.44 bits per heavy atom. The number of methoxy groups -OCH3 is 1. The summed E-state index contributed by atoms with van der Waals surface area (Å²) in [6, 6.07) is 7.24. The zero-order chi connectivity index (χ0) is 12.1. The predicted octanol–water partition coefficient (Wildman–Crippen LogP) is 3.31. The van der Waals surface area contributed by atoms with E-state index in [-0.39, 0.29) is 12.0 Å². The summed E-state index contributed by atoms with van der Waals surface area (Å²) in [6.45, 7) is 3.97. The molecular weight excluding hydrogens is 224 g/mol. The van der Waals surface area contributed by atoms with Crippen LogP contribution in [0.3, 0.4) is 0 Å². The Morgan fingerprint density at radius 2 is 2.12 bits per heavy atom. The Balaban J connectivity index is 2.95. The van der Waals surface area contributed by atoms with Crippen molar-refractivity contribution in [1.82, 2.24) is 0 Å². The molecule has 1 unspecified atom stereocenters. The number of hydrogen-bond acceptors (Lipinski definition) is 3. The molecule has 86 valence electrons. The van der Waals surface area contributed by atoms with Crippen molar-refractivity contribution in [1.29, 1.82) is 5.26 Å². The fourth-order valence-corrected chi connectivity index (χ4v) is 1.48. The molecule has 3 nitrogen and oxygen atoms in total. The quantitative estimate of drug-likeness (QED) is 0.875. The number of nitrogens with zero attached hydrogens (tertiary/aromatic N) is 1. The monoisotopic (exact) mass is 238 g/mol. The molecular formula is C12H15ClN2O. The van der Waals surface area contributed by atoms with Crippen LogP contribution in [0.5, 0.6) is 5.75 Å². The number of nitriles is 1. The van der Waals surface area contributed by atoms with Gasteiger partial charge in [0.15, 0.2) is 0 Å². The third-order valence-corrected chi connectivity index (χ3v) is 2.51. The summed E-state index contributed by atoms with van der Waals surface area (Å²) < 4.78 is 5.19. The summed E-state index contributed by atoms with van der Waals surface area (Å²) in [7, 11) is 1.59. The highest BCUT2D eigenvalue weighted by molar-refractivity contribution is 6.30. The first-order chi connectivity index (χ1) is 7.58. The van der Waals surface area contributed by atoms with Crippen molar-refractivity contribution in [3.63, 3.8) is 0 Å². The van der Waals surface area contributed by atoms with Crippen molar-refractivity contribution >= 4 is 17.3 Å². The third kappa shape index (κ3) is 3.04. The second-order valence-electron chi connectivity index (χ2n) is 3.84. The molecule has 0 saturated carbocycles. The molecule has 1 aromatic rings. The van der Waals surface area contributed by atoms with Gasteiger partial charge in [-0.2, -0.15) is 5.26 Å². The minimum absolute atomic E-state index is 0.216. The average molecular weight is 239 g/mol. The highest BCUT2D eigenvalue weighted by Gasteiger charge is 2.14. The van der Waals surface area contributed by atoms with Gasteiger partial charge in [-0.3, -0.25) is 0 Å². The van der Waals surface area contributed by atoms with Crippen LogP contribution in [0, 0.1) is 17.2 Å². The Hall–Kier alpha value is -1.40. The molecule has 0 bridgehead atoms. The molecule has 1 atom stereocenters. The lowest BCUT2D eigenvalue weighted by Gasteiger charge is -2.18. The van der Waals surface area contributed by atoms with E-state index in [0.29, 0.717) is 10.8 Å². The van der Waals surface area contributed by atoms with Gasteiger partial charge in [-0.1, -0.05) is 25.4 Å². The molecule has 4 heteroatoms. The van der Waals surface area contributed by atoms with Gasteiger partial charge in [-0.15, -0.1) is 0 Å². The molecule has 0 aromatic heterocycles. The number of benzene rings is 1. The van der Waals surface area contributed by atoms with Crippen LogP contribution in [0.2, 0.25) is 5.02 Å². The van der Waals surface area contributed by atoms with Crippen molar-refractivity contribution in [2.24, 2.45) is 5.92 Å². The van der Waals surface area contributed by atoms with Crippen LogP contribution in [0.4, 0.5) is 5.69 Å². The molecule has 16 heavy (non-hydrogen) atoms. The van der Waals surface area contributed by atoms with Crippen molar-refractivity contribution in [2.45, 2.75) is 19.9 Å². The maximum absolute atomic E-state index is 9.00. The molecule has 0 radical (unpaired) electrons. The molecule has 0 fully saturated rings. The minimum atomic E-state index is -0.257. The number of rotatable bonds is 4. The standard InChI is InChI=1S/C12H15ClN2O/c1-8(2)11(7-14)15-10-6-9(13)4-5-12(10)16-3/h4-6,8,11,15H,1-3H3. The van der Waals surface area contributed by atoms with Crippen LogP contribution < -0.4 is 10.1 Å². The molecule has 0 aliphatic carbocycles. The summed E-state index contributed by atoms with van der Waals surface area (Å²) in [5.41, 5.74) is 0.746. The first-order valence-corrected chi connectivity index (χ1v) is 5.46. The molecule has 1 aromatic carbocycles. The van der Waals surface area contributed by atoms with Crippen LogP contribution in [0.15, 0.2) is 18.2 Å². The third-order valence-electron chi connectivity index (χ3n) is 2.28. The Bertz CT molecular complexity index is 398. The lowest BCUT2D eigenvalue weighted by Crippen LogP contribution is -2.23. The van der Waals surface area contributed by atoms with Gasteiger partial charge in [-0.25, -0.2) is 0 Å². The smallest absolute Gasteiger partial charge is 0.142 e. The van der Waals surface area contributed by atoms with Crippen molar-refractivity contribution in [3.8, 4) is 11.8 Å². The average Bonchev–Trinajstić information content (AvgIpc) is 2.25. The van der Waals surface area contributed by atoms with Crippen LogP contribution >= 0.6 is 11.6 Å². The zero-order valence-electron chi connectivity index (χ0n) is 9.62. The lowest BCUT2D eigenvalue weighted by atomic mass is 10.1. The number of hydrogen-bond donors (Lipinski definition) is 1. The van der Waals surface area contributed by atoms with E-state index in [1.54, 1.807) is 25.3 Å². The fourth-order valence-electron chi connectivity index (χ4n) is 1.31. The van der Waals surface area contributed by atoms with Gasteiger partial charge >= 0.3 is 0 Å². The van der Waals surface area contributed by atoms with E-state index in [9.17, 15) is 0 Å². The molecule has 0 saturated heterocycles. The molecule has 0 spiro atoms. The van der Waals surface area contributed by atoms with Gasteiger partial charge < -0.3 is 10.1 Å². The molecule has 1 rings (SSSR count). The van der Waals surface area contributed by atoms with Gasteiger partial charge in [0.25, 0.3) is 0 Å². The van der Waals surface area contributed by atoms with Crippen LogP contribution in [0.1, 0.15) is 13.8 Å². The van der Waals surface area contributed by atoms with Crippen LogP contribution in [0.25, 0.3) is 0 Å². The highest BCUT2D eigenvalue weighted by Crippen LogP contribution is 2.28. The van der Waals surface area contributed by atoms with Gasteiger partial charge in [0, 0.05) is 5.02 Å². The fraction of sp³-hybridized carbons (Fsp3) is 0.417. The number of ether oxygens (including phenoxy) is 1. The second-order valence-corrected chi connectivity index (χ2v) is 4.28. The van der Waals surface area contributed by atoms with E-state index in [1.807, 2.05) is 13.8 Å². The summed E-state index contributed by atoms with van der Waals surface area (Å²) in [5.74, 6) is 0.902. The van der Waals surface area contributed by atoms with E-state index < -0.39 is 0 Å². The summed E-state index contributed by atoms with van der Waals surface area (Å²) >= 11 is 5.90. The summed E-state index contributed by atoms with van der Waals surface area (Å²) in [4.78, 5) is 0. The van der Waals surface area contributed by atoms with E-state index in [1.165, 1.54) is 0 Å². The van der Waals surface area contributed by atoms with Gasteiger partial charge in [0.1, 0.15) is 11.8 Å². The first-order valence-electron chi connectivity index (χ1n) is 5.08. The number of anilines is 1. The SMILES string of the molecule is COc1ccc(Cl)cc1NC(C#N)C(C)C. The van der Waals surface area contributed by atoms with E-state index in [4.69, 9.17) is 21.6 Å². The van der Waals surface area contributed by atoms with Crippen molar-refractivity contribution in [3.05, 3.63) is 23.2 Å². The summed E-state index contributed by atoms with van der Waals surface area (Å²) in [6.07, 6.45) is 0. The highest BCUT2D eigenvalue weighted by atomic mass is 35.5. The number of nitrogens with one attached hydrogen (secondary N) is 1. The topological polar surface area (TPSA) is 45.0 Å². The van der Waals surface area contributed by atoms with Gasteiger partial charge in [0.2, 0.25) is 0 Å². The zero-order valence-corrected chi connectivity index (χ0v) is 10.4. The normalized spacial score (nSPS) is 12.0. The van der Waals surface area contributed by atoms with E-state index in [0.717, 1.165) is 5.69 Å². The van der Waals surface area contributed by atoms with Crippen molar-refractivity contribution < 1.29 is 4.74 Å². The summed E-state index contributed by atoms with van der Waals surface area (Å²) in [5, 5.41) is 12.7. The van der Waals surface area contributed by atoms with Gasteiger partial charge in [-0.05, 0) is 24.1 Å². The van der Waals surface area contributed by atoms with Crippen LogP contribution in [-0.4, -0.2) is 13.2 Å². The number of halogens is 1. The van der Waals surface area contributed by atoms with E-state index in [2.05, 4.69) is 11.4 Å². The molecule has 1 N–H and O–H groups in total. The Labute approximate surface area is 101 Å². The minimum Gasteiger partial charge on any atom is -0.495 e. The molecule has 0 aliphatic rings. The molecule has 0 aliphatic heterocycles. The predicted molar refractivity (Wildman–Crippen MR) is 65.9 cm³/mol. The Morgan fingerprint density at radius 3 is 2.62 bits per heavy atom. The van der Waals surface area contributed by atoms with Crippen LogP contribution in [-0.2, 0) is 0 Å².